The molecule has 1 atom stereocenters. The fourth-order valence-electron chi connectivity index (χ4n) is 3.20. The van der Waals surface area contributed by atoms with Gasteiger partial charge in [-0.3, -0.25) is 4.79 Å². The Morgan fingerprint density at radius 3 is 2.31 bits per heavy atom. The molecule has 0 radical (unpaired) electrons. The van der Waals surface area contributed by atoms with Crippen LogP contribution in [0.15, 0.2) is 36.4 Å². The summed E-state index contributed by atoms with van der Waals surface area (Å²) in [5.74, 6) is -1.10. The average molecular weight is 399 g/mol. The summed E-state index contributed by atoms with van der Waals surface area (Å²) in [7, 11) is 0. The van der Waals surface area contributed by atoms with Gasteiger partial charge in [-0.25, -0.2) is 9.59 Å². The molecule has 0 aliphatic carbocycles. The lowest BCUT2D eigenvalue weighted by molar-refractivity contribution is -0.145. The summed E-state index contributed by atoms with van der Waals surface area (Å²) in [6.45, 7) is 9.81. The first-order valence-corrected chi connectivity index (χ1v) is 9.73. The highest BCUT2D eigenvalue weighted by Crippen LogP contribution is 2.16. The van der Waals surface area contributed by atoms with Crippen LogP contribution in [0.25, 0.3) is 0 Å². The van der Waals surface area contributed by atoms with Gasteiger partial charge in [0.15, 0.2) is 6.61 Å². The zero-order valence-electron chi connectivity index (χ0n) is 17.6. The van der Waals surface area contributed by atoms with Crippen molar-refractivity contribution in [1.82, 2.24) is 9.88 Å². The smallest absolute Gasteiger partial charge is 0.329 e. The number of nitrogens with zero attached hydrogens (tertiary/aromatic N) is 1. The van der Waals surface area contributed by atoms with Crippen molar-refractivity contribution in [2.24, 2.45) is 5.92 Å². The topological polar surface area (TPSA) is 89.4 Å². The van der Waals surface area contributed by atoms with Crippen LogP contribution in [0.2, 0.25) is 0 Å². The van der Waals surface area contributed by atoms with E-state index in [0.29, 0.717) is 11.3 Å². The average Bonchev–Trinajstić information content (AvgIpc) is 2.98. The van der Waals surface area contributed by atoms with Crippen LogP contribution in [0.3, 0.4) is 0 Å². The third-order valence-corrected chi connectivity index (χ3v) is 4.77. The molecule has 2 aromatic rings. The van der Waals surface area contributed by atoms with Gasteiger partial charge in [-0.1, -0.05) is 32.0 Å². The second-order valence-electron chi connectivity index (χ2n) is 7.25. The summed E-state index contributed by atoms with van der Waals surface area (Å²) in [5, 5.41) is 5.29. The van der Waals surface area contributed by atoms with Gasteiger partial charge in [0.05, 0.1) is 0 Å². The highest BCUT2D eigenvalue weighted by Gasteiger charge is 2.27. The Morgan fingerprint density at radius 2 is 1.76 bits per heavy atom. The number of amides is 2. The SMILES string of the molecule is CCn1c(C)cc(C(=O)COC(=O)[C@H](NC(=O)Nc2ccccc2)C(C)C)c1C. The molecule has 2 rings (SSSR count). The normalized spacial score (nSPS) is 11.8. The minimum Gasteiger partial charge on any atom is -0.456 e. The van der Waals surface area contributed by atoms with E-state index in [1.54, 1.807) is 44.2 Å². The molecule has 0 saturated carbocycles. The number of anilines is 1. The van der Waals surface area contributed by atoms with Gasteiger partial charge in [0.1, 0.15) is 6.04 Å². The van der Waals surface area contributed by atoms with Crippen LogP contribution in [-0.4, -0.2) is 35.0 Å². The zero-order valence-corrected chi connectivity index (χ0v) is 17.6. The van der Waals surface area contributed by atoms with Gasteiger partial charge in [0.2, 0.25) is 5.78 Å². The van der Waals surface area contributed by atoms with E-state index in [9.17, 15) is 14.4 Å². The number of ketones is 1. The zero-order chi connectivity index (χ0) is 21.6. The third-order valence-electron chi connectivity index (χ3n) is 4.77. The van der Waals surface area contributed by atoms with Crippen LogP contribution in [0.1, 0.15) is 42.5 Å². The predicted molar refractivity (Wildman–Crippen MR) is 112 cm³/mol. The molecular formula is C22H29N3O4. The number of Topliss-reactive ketones (excluding diaryl/α,β-unsaturated/α-hetero) is 1. The van der Waals surface area contributed by atoms with Gasteiger partial charge in [-0.05, 0) is 44.9 Å². The molecule has 0 saturated heterocycles. The Morgan fingerprint density at radius 1 is 1.10 bits per heavy atom. The molecule has 7 nitrogen and oxygen atoms in total. The van der Waals surface area contributed by atoms with Crippen molar-refractivity contribution < 1.29 is 19.1 Å². The molecule has 0 fully saturated rings. The Labute approximate surface area is 171 Å². The first-order chi connectivity index (χ1) is 13.7. The van der Waals surface area contributed by atoms with Gasteiger partial charge in [0, 0.05) is 29.2 Å². The summed E-state index contributed by atoms with van der Waals surface area (Å²) in [6.07, 6.45) is 0. The maximum absolute atomic E-state index is 12.5. The Balaban J connectivity index is 1.97. The molecule has 1 heterocycles. The number of aryl methyl sites for hydroxylation is 1. The number of urea groups is 1. The van der Waals surface area contributed by atoms with Gasteiger partial charge in [-0.2, -0.15) is 0 Å². The summed E-state index contributed by atoms with van der Waals surface area (Å²) in [4.78, 5) is 37.2. The number of ether oxygens (including phenoxy) is 1. The van der Waals surface area contributed by atoms with Crippen molar-refractivity contribution in [3.05, 3.63) is 53.3 Å². The second-order valence-corrected chi connectivity index (χ2v) is 7.25. The van der Waals surface area contributed by atoms with Gasteiger partial charge in [-0.15, -0.1) is 0 Å². The first kappa shape index (κ1) is 22.2. The fourth-order valence-corrected chi connectivity index (χ4v) is 3.20. The Kier molecular flexibility index (Phi) is 7.59. The highest BCUT2D eigenvalue weighted by molar-refractivity contribution is 5.99. The number of carbonyl (C=O) groups excluding carboxylic acids is 3. The Bertz CT molecular complexity index is 872. The van der Waals surface area contributed by atoms with Gasteiger partial charge < -0.3 is 19.9 Å². The predicted octanol–water partition coefficient (Wildman–Crippen LogP) is 3.70. The van der Waals surface area contributed by atoms with E-state index in [4.69, 9.17) is 4.74 Å². The van der Waals surface area contributed by atoms with Crippen molar-refractivity contribution in [3.8, 4) is 0 Å². The fraction of sp³-hybridized carbons (Fsp3) is 0.409. The van der Waals surface area contributed by atoms with Crippen LogP contribution in [0.4, 0.5) is 10.5 Å². The van der Waals surface area contributed by atoms with Crippen LogP contribution < -0.4 is 10.6 Å². The number of nitrogens with one attached hydrogen (secondary N) is 2. The van der Waals surface area contributed by atoms with E-state index >= 15 is 0 Å². The maximum Gasteiger partial charge on any atom is 0.329 e. The van der Waals surface area contributed by atoms with E-state index in [2.05, 4.69) is 10.6 Å². The summed E-state index contributed by atoms with van der Waals surface area (Å²) < 4.78 is 7.26. The number of carbonyl (C=O) groups is 3. The maximum atomic E-state index is 12.5. The summed E-state index contributed by atoms with van der Waals surface area (Å²) in [5.41, 5.74) is 3.00. The molecule has 2 amide bonds. The quantitative estimate of drug-likeness (QED) is 0.523. The summed E-state index contributed by atoms with van der Waals surface area (Å²) in [6, 6.07) is 9.35. The van der Waals surface area contributed by atoms with E-state index in [1.165, 1.54) is 0 Å². The van der Waals surface area contributed by atoms with Crippen molar-refractivity contribution in [1.29, 1.82) is 0 Å². The molecule has 0 spiro atoms. The van der Waals surface area contributed by atoms with Crippen molar-refractivity contribution in [2.45, 2.75) is 47.2 Å². The number of rotatable bonds is 8. The van der Waals surface area contributed by atoms with Crippen LogP contribution in [0.5, 0.6) is 0 Å². The first-order valence-electron chi connectivity index (χ1n) is 9.73. The van der Waals surface area contributed by atoms with E-state index in [-0.39, 0.29) is 18.3 Å². The minimum atomic E-state index is -0.866. The number of benzene rings is 1. The van der Waals surface area contributed by atoms with E-state index < -0.39 is 18.0 Å². The number of para-hydroxylation sites is 1. The van der Waals surface area contributed by atoms with E-state index in [1.807, 2.05) is 31.4 Å². The molecule has 156 valence electrons. The van der Waals surface area contributed by atoms with Gasteiger partial charge >= 0.3 is 12.0 Å². The molecule has 1 aromatic heterocycles. The summed E-state index contributed by atoms with van der Waals surface area (Å²) >= 11 is 0. The molecule has 2 N–H and O–H groups in total. The number of esters is 1. The highest BCUT2D eigenvalue weighted by atomic mass is 16.5. The van der Waals surface area contributed by atoms with Gasteiger partial charge in [0.25, 0.3) is 0 Å². The van der Waals surface area contributed by atoms with Crippen LogP contribution in [-0.2, 0) is 16.1 Å². The molecule has 7 heteroatoms. The van der Waals surface area contributed by atoms with Crippen molar-refractivity contribution in [3.63, 3.8) is 0 Å². The molecule has 0 aliphatic heterocycles. The van der Waals surface area contributed by atoms with Crippen LogP contribution >= 0.6 is 0 Å². The Hall–Kier alpha value is -3.09. The van der Waals surface area contributed by atoms with Crippen LogP contribution in [0, 0.1) is 19.8 Å². The lowest BCUT2D eigenvalue weighted by Gasteiger charge is -2.21. The molecule has 0 bridgehead atoms. The largest absolute Gasteiger partial charge is 0.456 e. The number of hydrogen-bond donors (Lipinski definition) is 2. The monoisotopic (exact) mass is 399 g/mol. The molecule has 1 aromatic carbocycles. The number of hydrogen-bond acceptors (Lipinski definition) is 4. The lowest BCUT2D eigenvalue weighted by Crippen LogP contribution is -2.47. The molecule has 0 aliphatic rings. The van der Waals surface area contributed by atoms with E-state index in [0.717, 1.165) is 17.9 Å². The molecule has 29 heavy (non-hydrogen) atoms. The second kappa shape index (κ2) is 9.91. The number of aromatic nitrogens is 1. The van der Waals surface area contributed by atoms with Crippen molar-refractivity contribution in [2.75, 3.05) is 11.9 Å². The minimum absolute atomic E-state index is 0.204. The third kappa shape index (κ3) is 5.70. The standard InChI is InChI=1S/C22H29N3O4/c1-6-25-15(4)12-18(16(25)5)19(26)13-29-21(27)20(14(2)3)24-22(28)23-17-10-8-7-9-11-17/h7-12,14,20H,6,13H2,1-5H3,(H2,23,24,28)/t20-/m1/s1. The molecular weight excluding hydrogens is 370 g/mol. The lowest BCUT2D eigenvalue weighted by atomic mass is 10.1. The molecule has 0 unspecified atom stereocenters. The van der Waals surface area contributed by atoms with Crippen molar-refractivity contribution >= 4 is 23.5 Å².